The van der Waals surface area contributed by atoms with Crippen molar-refractivity contribution in [2.75, 3.05) is 18.9 Å². The number of amides is 2. The summed E-state index contributed by atoms with van der Waals surface area (Å²) >= 11 is 0. The van der Waals surface area contributed by atoms with Crippen LogP contribution in [0.25, 0.3) is 0 Å². The lowest BCUT2D eigenvalue weighted by Crippen LogP contribution is -2.47. The maximum absolute atomic E-state index is 11.9. The van der Waals surface area contributed by atoms with E-state index in [9.17, 15) is 9.59 Å². The van der Waals surface area contributed by atoms with Crippen LogP contribution in [0.4, 0.5) is 5.69 Å². The summed E-state index contributed by atoms with van der Waals surface area (Å²) in [5.41, 5.74) is 6.48. The number of hydrogen-bond donors (Lipinski definition) is 2. The number of hydrogen-bond acceptors (Lipinski definition) is 3. The maximum atomic E-state index is 11.9. The molecule has 0 bridgehead atoms. The summed E-state index contributed by atoms with van der Waals surface area (Å²) in [6, 6.07) is 8.54. The van der Waals surface area contributed by atoms with Crippen molar-refractivity contribution in [3.8, 4) is 0 Å². The predicted octanol–water partition coefficient (Wildman–Crippen LogP) is 1.07. The largest absolute Gasteiger partial charge is 0.335 e. The molecule has 5 heteroatoms. The third-order valence-corrected chi connectivity index (χ3v) is 2.82. The molecule has 0 heterocycles. The molecule has 0 unspecified atom stereocenters. The summed E-state index contributed by atoms with van der Waals surface area (Å²) in [5.74, 6) is -0.414. The van der Waals surface area contributed by atoms with Crippen molar-refractivity contribution in [1.82, 2.24) is 4.90 Å². The second-order valence-electron chi connectivity index (χ2n) is 4.88. The quantitative estimate of drug-likeness (QED) is 0.834. The highest BCUT2D eigenvalue weighted by molar-refractivity contribution is 5.95. The topological polar surface area (TPSA) is 75.4 Å². The lowest BCUT2D eigenvalue weighted by atomic mass is 10.0. The number of rotatable bonds is 5. The minimum absolute atomic E-state index is 0.00581. The van der Waals surface area contributed by atoms with Gasteiger partial charge in [0.15, 0.2) is 0 Å². The fraction of sp³-hybridized carbons (Fsp3) is 0.429. The van der Waals surface area contributed by atoms with Crippen molar-refractivity contribution in [2.24, 2.45) is 11.7 Å². The van der Waals surface area contributed by atoms with Crippen LogP contribution in [0, 0.1) is 5.92 Å². The van der Waals surface area contributed by atoms with Crippen LogP contribution >= 0.6 is 0 Å². The minimum atomic E-state index is -0.575. The van der Waals surface area contributed by atoms with Gasteiger partial charge in [0.05, 0.1) is 12.6 Å². The molecular formula is C14H21N3O2. The molecule has 0 saturated carbocycles. The third-order valence-electron chi connectivity index (χ3n) is 2.82. The van der Waals surface area contributed by atoms with Gasteiger partial charge in [0.2, 0.25) is 11.8 Å². The van der Waals surface area contributed by atoms with Gasteiger partial charge in [-0.3, -0.25) is 9.59 Å². The Labute approximate surface area is 113 Å². The highest BCUT2D eigenvalue weighted by Crippen LogP contribution is 2.06. The fourth-order valence-corrected chi connectivity index (χ4v) is 1.55. The summed E-state index contributed by atoms with van der Waals surface area (Å²) < 4.78 is 0. The molecule has 0 aliphatic heterocycles. The number of benzene rings is 1. The average Bonchev–Trinajstić information content (AvgIpc) is 2.37. The molecule has 0 aliphatic carbocycles. The molecular weight excluding hydrogens is 242 g/mol. The van der Waals surface area contributed by atoms with Crippen LogP contribution in [-0.4, -0.2) is 36.3 Å². The van der Waals surface area contributed by atoms with Crippen LogP contribution < -0.4 is 11.1 Å². The van der Waals surface area contributed by atoms with E-state index in [2.05, 4.69) is 5.32 Å². The van der Waals surface area contributed by atoms with Crippen LogP contribution in [0.1, 0.15) is 13.8 Å². The van der Waals surface area contributed by atoms with Crippen LogP contribution in [0.15, 0.2) is 30.3 Å². The van der Waals surface area contributed by atoms with Crippen LogP contribution in [0.3, 0.4) is 0 Å². The summed E-state index contributed by atoms with van der Waals surface area (Å²) in [6.45, 7) is 3.75. The molecule has 1 aromatic carbocycles. The number of para-hydroxylation sites is 1. The molecule has 104 valence electrons. The third kappa shape index (κ3) is 4.71. The molecule has 3 N–H and O–H groups in total. The number of nitrogens with two attached hydrogens (primary N) is 1. The Kier molecular flexibility index (Phi) is 5.51. The van der Waals surface area contributed by atoms with E-state index in [0.29, 0.717) is 5.69 Å². The number of nitrogens with zero attached hydrogens (tertiary/aromatic N) is 1. The highest BCUT2D eigenvalue weighted by Gasteiger charge is 2.22. The molecule has 0 aromatic heterocycles. The van der Waals surface area contributed by atoms with Crippen LogP contribution in [0.2, 0.25) is 0 Å². The fourth-order valence-electron chi connectivity index (χ4n) is 1.55. The van der Waals surface area contributed by atoms with E-state index in [0.717, 1.165) is 0 Å². The van der Waals surface area contributed by atoms with Crippen molar-refractivity contribution in [3.63, 3.8) is 0 Å². The van der Waals surface area contributed by atoms with E-state index in [-0.39, 0.29) is 24.3 Å². The molecule has 1 aromatic rings. The first-order valence-corrected chi connectivity index (χ1v) is 6.27. The van der Waals surface area contributed by atoms with E-state index >= 15 is 0 Å². The first-order valence-electron chi connectivity index (χ1n) is 6.27. The summed E-state index contributed by atoms with van der Waals surface area (Å²) in [7, 11) is 1.58. The molecule has 5 nitrogen and oxygen atoms in total. The molecule has 19 heavy (non-hydrogen) atoms. The number of carbonyl (C=O) groups is 2. The molecule has 0 spiro atoms. The first kappa shape index (κ1) is 15.2. The van der Waals surface area contributed by atoms with E-state index in [1.807, 2.05) is 32.0 Å². The van der Waals surface area contributed by atoms with E-state index in [1.54, 1.807) is 19.2 Å². The smallest absolute Gasteiger partial charge is 0.243 e. The molecule has 0 aliphatic rings. The van der Waals surface area contributed by atoms with Gasteiger partial charge >= 0.3 is 0 Å². The second kappa shape index (κ2) is 6.89. The Morgan fingerprint density at radius 1 is 1.26 bits per heavy atom. The van der Waals surface area contributed by atoms with Crippen molar-refractivity contribution in [3.05, 3.63) is 30.3 Å². The van der Waals surface area contributed by atoms with E-state index < -0.39 is 6.04 Å². The molecule has 0 radical (unpaired) electrons. The van der Waals surface area contributed by atoms with Gasteiger partial charge in [0.25, 0.3) is 0 Å². The standard InChI is InChI=1S/C14H21N3O2/c1-10(2)13(15)14(19)17(3)9-12(18)16-11-7-5-4-6-8-11/h4-8,10,13H,9,15H2,1-3H3,(H,16,18)/t13-/m0/s1. The zero-order chi connectivity index (χ0) is 14.4. The van der Waals surface area contributed by atoms with Crippen molar-refractivity contribution >= 4 is 17.5 Å². The summed E-state index contributed by atoms with van der Waals surface area (Å²) in [5, 5.41) is 2.72. The molecule has 2 amide bonds. The van der Waals surface area contributed by atoms with Gasteiger partial charge in [0, 0.05) is 12.7 Å². The number of anilines is 1. The van der Waals surface area contributed by atoms with Crippen LogP contribution in [0.5, 0.6) is 0 Å². The Morgan fingerprint density at radius 2 is 1.84 bits per heavy atom. The van der Waals surface area contributed by atoms with Gasteiger partial charge in [0.1, 0.15) is 0 Å². The zero-order valence-electron chi connectivity index (χ0n) is 11.6. The summed E-state index contributed by atoms with van der Waals surface area (Å²) in [4.78, 5) is 25.0. The molecule has 0 saturated heterocycles. The lowest BCUT2D eigenvalue weighted by molar-refractivity contribution is -0.135. The molecule has 1 atom stereocenters. The summed E-state index contributed by atoms with van der Waals surface area (Å²) in [6.07, 6.45) is 0. The maximum Gasteiger partial charge on any atom is 0.243 e. The zero-order valence-corrected chi connectivity index (χ0v) is 11.6. The average molecular weight is 263 g/mol. The Bertz CT molecular complexity index is 432. The minimum Gasteiger partial charge on any atom is -0.335 e. The molecule has 0 fully saturated rings. The van der Waals surface area contributed by atoms with Crippen molar-refractivity contribution < 1.29 is 9.59 Å². The Morgan fingerprint density at radius 3 is 2.37 bits per heavy atom. The lowest BCUT2D eigenvalue weighted by Gasteiger charge is -2.22. The van der Waals surface area contributed by atoms with Gasteiger partial charge in [-0.1, -0.05) is 32.0 Å². The second-order valence-corrected chi connectivity index (χ2v) is 4.88. The number of likely N-dealkylation sites (N-methyl/N-ethyl adjacent to an activating group) is 1. The van der Waals surface area contributed by atoms with Gasteiger partial charge in [-0.05, 0) is 18.1 Å². The predicted molar refractivity (Wildman–Crippen MR) is 75.5 cm³/mol. The van der Waals surface area contributed by atoms with Gasteiger partial charge in [-0.25, -0.2) is 0 Å². The highest BCUT2D eigenvalue weighted by atomic mass is 16.2. The van der Waals surface area contributed by atoms with E-state index in [4.69, 9.17) is 5.73 Å². The SMILES string of the molecule is CC(C)[C@H](N)C(=O)N(C)CC(=O)Nc1ccccc1. The Balaban J connectivity index is 2.50. The van der Waals surface area contributed by atoms with Crippen molar-refractivity contribution in [1.29, 1.82) is 0 Å². The normalized spacial score (nSPS) is 12.1. The monoisotopic (exact) mass is 263 g/mol. The van der Waals surface area contributed by atoms with Crippen LogP contribution in [-0.2, 0) is 9.59 Å². The number of carbonyl (C=O) groups excluding carboxylic acids is 2. The first-order chi connectivity index (χ1) is 8.91. The Hall–Kier alpha value is -1.88. The van der Waals surface area contributed by atoms with Gasteiger partial charge < -0.3 is 16.0 Å². The number of nitrogens with one attached hydrogen (secondary N) is 1. The van der Waals surface area contributed by atoms with Crippen molar-refractivity contribution in [2.45, 2.75) is 19.9 Å². The molecule has 1 rings (SSSR count). The van der Waals surface area contributed by atoms with Gasteiger partial charge in [-0.15, -0.1) is 0 Å². The van der Waals surface area contributed by atoms with E-state index in [1.165, 1.54) is 4.90 Å². The van der Waals surface area contributed by atoms with Gasteiger partial charge in [-0.2, -0.15) is 0 Å².